The van der Waals surface area contributed by atoms with E-state index in [0.29, 0.717) is 31.6 Å². The number of carbonyl (C=O) groups excluding carboxylic acids is 1. The lowest BCUT2D eigenvalue weighted by Crippen LogP contribution is -2.25. The number of aryl methyl sites for hydroxylation is 1. The van der Waals surface area contributed by atoms with E-state index in [1.54, 1.807) is 29.8 Å². The molecule has 1 amide bonds. The molecule has 0 aliphatic heterocycles. The fourth-order valence-corrected chi connectivity index (χ4v) is 3.01. The third-order valence-corrected chi connectivity index (χ3v) is 4.53. The number of carbonyl (C=O) groups is 1. The van der Waals surface area contributed by atoms with Crippen LogP contribution in [0.2, 0.25) is 0 Å². The molecule has 7 heteroatoms. The van der Waals surface area contributed by atoms with E-state index in [2.05, 4.69) is 15.4 Å². The minimum absolute atomic E-state index is 0.0215. The Kier molecular flexibility index (Phi) is 5.69. The highest BCUT2D eigenvalue weighted by molar-refractivity contribution is 7.09. The van der Waals surface area contributed by atoms with Crippen molar-refractivity contribution in [2.75, 3.05) is 0 Å². The Labute approximate surface area is 149 Å². The van der Waals surface area contributed by atoms with Crippen molar-refractivity contribution in [2.24, 2.45) is 0 Å². The monoisotopic (exact) mass is 354 g/mol. The summed E-state index contributed by atoms with van der Waals surface area (Å²) < 4.78 is 1.41. The Bertz CT molecular complexity index is 876. The summed E-state index contributed by atoms with van der Waals surface area (Å²) in [5, 5.41) is 9.23. The van der Waals surface area contributed by atoms with Crippen LogP contribution in [-0.4, -0.2) is 20.7 Å². The van der Waals surface area contributed by atoms with Crippen molar-refractivity contribution in [1.29, 1.82) is 0 Å². The predicted molar refractivity (Wildman–Crippen MR) is 97.1 cm³/mol. The van der Waals surface area contributed by atoms with Gasteiger partial charge in [0.05, 0.1) is 12.2 Å². The van der Waals surface area contributed by atoms with Crippen LogP contribution in [0.1, 0.15) is 17.7 Å². The Morgan fingerprint density at radius 2 is 2.00 bits per heavy atom. The molecule has 0 saturated carbocycles. The number of thiophene rings is 1. The van der Waals surface area contributed by atoms with E-state index < -0.39 is 0 Å². The van der Waals surface area contributed by atoms with Crippen LogP contribution in [0.15, 0.2) is 59.0 Å². The summed E-state index contributed by atoms with van der Waals surface area (Å²) in [4.78, 5) is 28.9. The average molecular weight is 354 g/mol. The normalized spacial score (nSPS) is 10.6. The van der Waals surface area contributed by atoms with Gasteiger partial charge in [-0.15, -0.1) is 11.3 Å². The first-order chi connectivity index (χ1) is 12.2. The van der Waals surface area contributed by atoms with Crippen LogP contribution in [0.25, 0.3) is 11.3 Å². The van der Waals surface area contributed by atoms with Gasteiger partial charge in [0, 0.05) is 41.9 Å². The Balaban J connectivity index is 1.54. The number of hydrogen-bond acceptors (Lipinski definition) is 5. The second-order valence-electron chi connectivity index (χ2n) is 5.48. The molecule has 0 saturated heterocycles. The lowest BCUT2D eigenvalue weighted by Gasteiger charge is -2.07. The van der Waals surface area contributed by atoms with Crippen LogP contribution in [0.5, 0.6) is 0 Å². The molecule has 3 rings (SSSR count). The third kappa shape index (κ3) is 4.84. The largest absolute Gasteiger partial charge is 0.351 e. The summed E-state index contributed by atoms with van der Waals surface area (Å²) >= 11 is 1.61. The van der Waals surface area contributed by atoms with Gasteiger partial charge >= 0.3 is 0 Å². The second-order valence-corrected chi connectivity index (χ2v) is 6.51. The Hall–Kier alpha value is -2.80. The van der Waals surface area contributed by atoms with Gasteiger partial charge in [-0.2, -0.15) is 5.10 Å². The van der Waals surface area contributed by atoms with E-state index >= 15 is 0 Å². The number of rotatable bonds is 7. The first-order valence-electron chi connectivity index (χ1n) is 8.00. The molecule has 3 aromatic rings. The zero-order chi connectivity index (χ0) is 17.5. The minimum Gasteiger partial charge on any atom is -0.351 e. The molecule has 128 valence electrons. The van der Waals surface area contributed by atoms with Gasteiger partial charge in [-0.25, -0.2) is 4.68 Å². The smallest absolute Gasteiger partial charge is 0.266 e. The Morgan fingerprint density at radius 1 is 1.16 bits per heavy atom. The van der Waals surface area contributed by atoms with Gasteiger partial charge in [0.25, 0.3) is 5.56 Å². The SMILES string of the molecule is O=C(CCCn1nc(-c2ccncc2)ccc1=O)NCc1cccs1. The zero-order valence-electron chi connectivity index (χ0n) is 13.6. The highest BCUT2D eigenvalue weighted by Crippen LogP contribution is 2.13. The molecular weight excluding hydrogens is 336 g/mol. The maximum absolute atomic E-state index is 11.9. The number of amides is 1. The molecule has 0 fully saturated rings. The molecular formula is C18H18N4O2S. The van der Waals surface area contributed by atoms with Crippen molar-refractivity contribution < 1.29 is 4.79 Å². The number of nitrogens with one attached hydrogen (secondary N) is 1. The fraction of sp³-hybridized carbons (Fsp3) is 0.222. The lowest BCUT2D eigenvalue weighted by molar-refractivity contribution is -0.121. The molecule has 0 aliphatic carbocycles. The molecule has 3 heterocycles. The predicted octanol–water partition coefficient (Wildman–Crippen LogP) is 2.46. The maximum Gasteiger partial charge on any atom is 0.266 e. The zero-order valence-corrected chi connectivity index (χ0v) is 14.4. The second kappa shape index (κ2) is 8.34. The van der Waals surface area contributed by atoms with E-state index in [9.17, 15) is 9.59 Å². The van der Waals surface area contributed by atoms with Gasteiger partial charge in [-0.3, -0.25) is 14.6 Å². The minimum atomic E-state index is -0.170. The van der Waals surface area contributed by atoms with E-state index in [1.165, 1.54) is 10.7 Å². The highest BCUT2D eigenvalue weighted by Gasteiger charge is 2.06. The first kappa shape index (κ1) is 17.0. The highest BCUT2D eigenvalue weighted by atomic mass is 32.1. The van der Waals surface area contributed by atoms with Crippen molar-refractivity contribution in [1.82, 2.24) is 20.1 Å². The molecule has 6 nitrogen and oxygen atoms in total. The molecule has 1 N–H and O–H groups in total. The van der Waals surface area contributed by atoms with Gasteiger partial charge in [-0.1, -0.05) is 6.07 Å². The summed E-state index contributed by atoms with van der Waals surface area (Å²) in [6.45, 7) is 0.955. The molecule has 0 bridgehead atoms. The summed E-state index contributed by atoms with van der Waals surface area (Å²) in [5.74, 6) is -0.0215. The lowest BCUT2D eigenvalue weighted by atomic mass is 10.2. The molecule has 0 unspecified atom stereocenters. The van der Waals surface area contributed by atoms with Crippen molar-refractivity contribution in [3.8, 4) is 11.3 Å². The van der Waals surface area contributed by atoms with E-state index in [4.69, 9.17) is 0 Å². The molecule has 25 heavy (non-hydrogen) atoms. The van der Waals surface area contributed by atoms with Crippen LogP contribution in [0.4, 0.5) is 0 Å². The molecule has 0 spiro atoms. The summed E-state index contributed by atoms with van der Waals surface area (Å²) in [6, 6.07) is 10.8. The molecule has 0 radical (unpaired) electrons. The molecule has 0 atom stereocenters. The quantitative estimate of drug-likeness (QED) is 0.707. The van der Waals surface area contributed by atoms with Gasteiger partial charge in [0.15, 0.2) is 0 Å². The van der Waals surface area contributed by atoms with E-state index in [0.717, 1.165) is 10.4 Å². The van der Waals surface area contributed by atoms with Crippen molar-refractivity contribution in [2.45, 2.75) is 25.9 Å². The van der Waals surface area contributed by atoms with Crippen molar-refractivity contribution in [3.63, 3.8) is 0 Å². The summed E-state index contributed by atoms with van der Waals surface area (Å²) in [5.41, 5.74) is 1.44. The average Bonchev–Trinajstić information content (AvgIpc) is 3.16. The number of nitrogens with zero attached hydrogens (tertiary/aromatic N) is 3. The fourth-order valence-electron chi connectivity index (χ4n) is 2.36. The van der Waals surface area contributed by atoms with Gasteiger partial charge < -0.3 is 5.32 Å². The molecule has 0 aliphatic rings. The van der Waals surface area contributed by atoms with Crippen molar-refractivity contribution in [3.05, 3.63) is 69.4 Å². The summed E-state index contributed by atoms with van der Waals surface area (Å²) in [6.07, 6.45) is 4.29. The van der Waals surface area contributed by atoms with Crippen LogP contribution in [0, 0.1) is 0 Å². The Morgan fingerprint density at radius 3 is 2.76 bits per heavy atom. The van der Waals surface area contributed by atoms with Crippen LogP contribution < -0.4 is 10.9 Å². The van der Waals surface area contributed by atoms with Crippen molar-refractivity contribution >= 4 is 17.2 Å². The standard InChI is InChI=1S/C18H18N4O2S/c23-17(20-13-15-3-2-12-25-15)4-1-11-22-18(24)6-5-16(21-22)14-7-9-19-10-8-14/h2-3,5-10,12H,1,4,11,13H2,(H,20,23). The maximum atomic E-state index is 11.9. The van der Waals surface area contributed by atoms with E-state index in [-0.39, 0.29) is 11.5 Å². The van der Waals surface area contributed by atoms with Gasteiger partial charge in [-0.05, 0) is 36.1 Å². The van der Waals surface area contributed by atoms with Crippen LogP contribution in [-0.2, 0) is 17.9 Å². The third-order valence-electron chi connectivity index (χ3n) is 3.66. The number of pyridine rings is 1. The number of aromatic nitrogens is 3. The van der Waals surface area contributed by atoms with E-state index in [1.807, 2.05) is 29.6 Å². The summed E-state index contributed by atoms with van der Waals surface area (Å²) in [7, 11) is 0. The van der Waals surface area contributed by atoms with Crippen LogP contribution in [0.3, 0.4) is 0 Å². The van der Waals surface area contributed by atoms with Crippen LogP contribution >= 0.6 is 11.3 Å². The topological polar surface area (TPSA) is 76.9 Å². The number of hydrogen-bond donors (Lipinski definition) is 1. The van der Waals surface area contributed by atoms with Gasteiger partial charge in [0.2, 0.25) is 5.91 Å². The van der Waals surface area contributed by atoms with Gasteiger partial charge in [0.1, 0.15) is 0 Å². The first-order valence-corrected chi connectivity index (χ1v) is 8.88. The molecule has 0 aromatic carbocycles. The molecule has 3 aromatic heterocycles.